The van der Waals surface area contributed by atoms with Gasteiger partial charge in [0.25, 0.3) is 15.7 Å². The van der Waals surface area contributed by atoms with Crippen molar-refractivity contribution in [3.05, 3.63) is 30.3 Å². The molecule has 0 aromatic rings. The molecule has 13 nitrogen and oxygen atoms in total. The van der Waals surface area contributed by atoms with E-state index < -0.39 is 33.8 Å². The lowest BCUT2D eigenvalue weighted by atomic mass is 10.1. The number of nitro groups is 1. The molecule has 0 saturated carbocycles. The Bertz CT molecular complexity index is 230. The lowest BCUT2D eigenvalue weighted by molar-refractivity contribution is -0.742. The van der Waals surface area contributed by atoms with Crippen LogP contribution >= 0.6 is 0 Å². The van der Waals surface area contributed by atoms with Gasteiger partial charge in [-0.15, -0.1) is 20.2 Å². The van der Waals surface area contributed by atoms with Crippen LogP contribution in [-0.4, -0.2) is 54.5 Å². The van der Waals surface area contributed by atoms with Gasteiger partial charge in [0.15, 0.2) is 0 Å². The van der Waals surface area contributed by atoms with Gasteiger partial charge in [0.2, 0.25) is 0 Å². The van der Waals surface area contributed by atoms with Gasteiger partial charge in [0.1, 0.15) is 13.2 Å². The molecule has 102 valence electrons. The van der Waals surface area contributed by atoms with E-state index in [2.05, 4.69) is 0 Å². The van der Waals surface area contributed by atoms with E-state index in [0.29, 0.717) is 0 Å². The van der Waals surface area contributed by atoms with Crippen LogP contribution in [0.2, 0.25) is 0 Å². The third kappa shape index (κ3) is 19.9. The molecule has 0 rings (SSSR count). The Morgan fingerprint density at radius 1 is 0.941 bits per heavy atom. The summed E-state index contributed by atoms with van der Waals surface area (Å²) in [5, 5.41) is 54.0. The molecular weight excluding hydrogens is 250 g/mol. The maximum Gasteiger partial charge on any atom is 0.291 e. The van der Waals surface area contributed by atoms with Crippen molar-refractivity contribution in [1.29, 1.82) is 0 Å². The third-order valence-corrected chi connectivity index (χ3v) is 1.12. The van der Waals surface area contributed by atoms with Crippen molar-refractivity contribution in [2.45, 2.75) is 12.5 Å². The number of hydrogen-bond acceptors (Lipinski definition) is 8. The normalized spacial score (nSPS) is 8.88. The van der Waals surface area contributed by atoms with Crippen molar-refractivity contribution in [2.24, 2.45) is 0 Å². The lowest BCUT2D eigenvalue weighted by Gasteiger charge is -2.13. The zero-order chi connectivity index (χ0) is 14.6. The first-order valence-electron chi connectivity index (χ1n) is 3.56. The van der Waals surface area contributed by atoms with Crippen LogP contribution < -0.4 is 0 Å². The highest BCUT2D eigenvalue weighted by molar-refractivity contribution is 4.69. The van der Waals surface area contributed by atoms with Crippen LogP contribution in [-0.2, 0) is 0 Å². The van der Waals surface area contributed by atoms with Gasteiger partial charge < -0.3 is 20.6 Å². The second-order valence-electron chi connectivity index (χ2n) is 2.55. The number of rotatable bonds is 3. The molecule has 13 heteroatoms. The van der Waals surface area contributed by atoms with E-state index in [1.165, 1.54) is 6.92 Å². The van der Waals surface area contributed by atoms with E-state index in [-0.39, 0.29) is 0 Å². The Labute approximate surface area is 92.9 Å². The molecule has 0 aromatic heterocycles. The Kier molecular flexibility index (Phi) is 12.2. The van der Waals surface area contributed by atoms with Crippen molar-refractivity contribution in [2.75, 3.05) is 13.2 Å². The van der Waals surface area contributed by atoms with Gasteiger partial charge >= 0.3 is 0 Å². The molecular formula is C4H11N3O10. The maximum absolute atomic E-state index is 9.97. The average molecular weight is 261 g/mol. The minimum atomic E-state index is -1.58. The van der Waals surface area contributed by atoms with Crippen LogP contribution in [0.25, 0.3) is 0 Å². The Balaban J connectivity index is -0.000000205. The molecule has 0 atom stereocenters. The van der Waals surface area contributed by atoms with E-state index in [1.54, 1.807) is 0 Å². The fourth-order valence-corrected chi connectivity index (χ4v) is 0.165. The van der Waals surface area contributed by atoms with Gasteiger partial charge in [0, 0.05) is 11.8 Å². The molecule has 0 radical (unpaired) electrons. The van der Waals surface area contributed by atoms with Crippen LogP contribution in [0.5, 0.6) is 0 Å². The first-order valence-corrected chi connectivity index (χ1v) is 3.56. The minimum Gasteiger partial charge on any atom is -0.389 e. The second-order valence-corrected chi connectivity index (χ2v) is 2.55. The molecule has 17 heavy (non-hydrogen) atoms. The van der Waals surface area contributed by atoms with E-state index in [1.807, 2.05) is 0 Å². The van der Waals surface area contributed by atoms with Gasteiger partial charge in [-0.3, -0.25) is 10.1 Å². The lowest BCUT2D eigenvalue weighted by Crippen LogP contribution is -2.42. The minimum absolute atomic E-state index is 0.642. The van der Waals surface area contributed by atoms with Crippen molar-refractivity contribution in [1.82, 2.24) is 0 Å². The maximum atomic E-state index is 9.97. The SMILES string of the molecule is CC(CO)(CO)[N+](=O)[O-].O=[N+]([O-])O.O=[N+]([O-])O. The van der Waals surface area contributed by atoms with Crippen LogP contribution in [0, 0.1) is 30.3 Å². The summed E-state index contributed by atoms with van der Waals surface area (Å²) in [4.78, 5) is 26.0. The molecule has 0 heterocycles. The van der Waals surface area contributed by atoms with Gasteiger partial charge in [-0.25, -0.2) is 0 Å². The predicted octanol–water partition coefficient (Wildman–Crippen LogP) is -1.69. The largest absolute Gasteiger partial charge is 0.389 e. The molecule has 4 N–H and O–H groups in total. The molecule has 0 aromatic carbocycles. The summed E-state index contributed by atoms with van der Waals surface area (Å²) in [5.74, 6) is 0. The summed E-state index contributed by atoms with van der Waals surface area (Å²) in [5.41, 5.74) is -1.58. The second kappa shape index (κ2) is 10.2. The fraction of sp³-hybridized carbons (Fsp3) is 1.00. The van der Waals surface area contributed by atoms with Gasteiger partial charge in [-0.2, -0.15) is 0 Å². The Morgan fingerprint density at radius 3 is 1.12 bits per heavy atom. The Hall–Kier alpha value is -2.28. The number of aliphatic hydroxyl groups excluding tert-OH is 2. The molecule has 0 aliphatic heterocycles. The fourth-order valence-electron chi connectivity index (χ4n) is 0.165. The van der Waals surface area contributed by atoms with E-state index in [0.717, 1.165) is 0 Å². The predicted molar refractivity (Wildman–Crippen MR) is 47.1 cm³/mol. The molecule has 0 spiro atoms. The summed E-state index contributed by atoms with van der Waals surface area (Å²) in [7, 11) is 0. The topological polar surface area (TPSA) is 210 Å². The molecule has 0 unspecified atom stereocenters. The number of hydrogen-bond donors (Lipinski definition) is 4. The van der Waals surface area contributed by atoms with E-state index in [9.17, 15) is 10.1 Å². The summed E-state index contributed by atoms with van der Waals surface area (Å²) in [6.07, 6.45) is 0. The molecule has 0 aliphatic rings. The van der Waals surface area contributed by atoms with Crippen LogP contribution in [0.3, 0.4) is 0 Å². The molecule has 0 saturated heterocycles. The quantitative estimate of drug-likeness (QED) is 0.334. The summed E-state index contributed by atoms with van der Waals surface area (Å²) in [6.45, 7) is -0.111. The zero-order valence-electron chi connectivity index (χ0n) is 8.49. The highest BCUT2D eigenvalue weighted by Crippen LogP contribution is 2.04. The standard InChI is InChI=1S/C4H9NO4.2HNO3/c1-4(2-6,3-7)5(8)9;2*2-1(3)4/h6-7H,2-3H2,1H3;2*(H,2,3,4). The van der Waals surface area contributed by atoms with Crippen molar-refractivity contribution >= 4 is 0 Å². The number of nitrogens with zero attached hydrogens (tertiary/aromatic N) is 3. The average Bonchev–Trinajstić information content (AvgIpc) is 2.14. The molecule has 0 aliphatic carbocycles. The highest BCUT2D eigenvalue weighted by Gasteiger charge is 2.35. The van der Waals surface area contributed by atoms with Crippen molar-refractivity contribution in [3.8, 4) is 0 Å². The van der Waals surface area contributed by atoms with Crippen LogP contribution in [0.4, 0.5) is 0 Å². The summed E-state index contributed by atoms with van der Waals surface area (Å²) in [6, 6.07) is 0. The zero-order valence-corrected chi connectivity index (χ0v) is 8.49. The first kappa shape index (κ1) is 20.2. The molecule has 0 bridgehead atoms. The summed E-state index contributed by atoms with van der Waals surface area (Å²) >= 11 is 0. The Morgan fingerprint density at radius 2 is 1.12 bits per heavy atom. The molecule has 0 amide bonds. The van der Waals surface area contributed by atoms with Crippen LogP contribution in [0.15, 0.2) is 0 Å². The third-order valence-electron chi connectivity index (χ3n) is 1.12. The summed E-state index contributed by atoms with van der Waals surface area (Å²) < 4.78 is 0. The van der Waals surface area contributed by atoms with Crippen molar-refractivity contribution in [3.63, 3.8) is 0 Å². The van der Waals surface area contributed by atoms with Crippen LogP contribution in [0.1, 0.15) is 6.92 Å². The van der Waals surface area contributed by atoms with E-state index >= 15 is 0 Å². The van der Waals surface area contributed by atoms with Gasteiger partial charge in [0.05, 0.1) is 0 Å². The van der Waals surface area contributed by atoms with Gasteiger partial charge in [-0.05, 0) is 0 Å². The smallest absolute Gasteiger partial charge is 0.291 e. The van der Waals surface area contributed by atoms with Gasteiger partial charge in [-0.1, -0.05) is 0 Å². The number of aliphatic hydroxyl groups is 2. The van der Waals surface area contributed by atoms with E-state index in [4.69, 9.17) is 40.9 Å². The van der Waals surface area contributed by atoms with Crippen molar-refractivity contribution < 1.29 is 35.7 Å². The first-order chi connectivity index (χ1) is 7.53. The highest BCUT2D eigenvalue weighted by atomic mass is 16.9. The molecule has 0 fully saturated rings. The monoisotopic (exact) mass is 261 g/mol.